The molecule has 0 amide bonds. The van der Waals surface area contributed by atoms with E-state index in [-0.39, 0.29) is 36.0 Å². The highest BCUT2D eigenvalue weighted by Gasteiger charge is 2.42. The standard InChI is InChI=1S/C21H25NO6S/c1-4-27-20(23)17-10-14-12-22-19(16(14)11-18(17)21(24)28-5-2)29(25,26)15-8-6-13(3)7-9-15/h6-9,12,17-18,22H,4-5,10-11H2,1-3H3/t17-,18-/m0/s1. The van der Waals surface area contributed by atoms with E-state index < -0.39 is 33.6 Å². The van der Waals surface area contributed by atoms with Gasteiger partial charge in [-0.3, -0.25) is 9.59 Å². The number of carbonyl (C=O) groups is 2. The van der Waals surface area contributed by atoms with Crippen LogP contribution in [0.15, 0.2) is 40.4 Å². The molecule has 156 valence electrons. The summed E-state index contributed by atoms with van der Waals surface area (Å²) in [6.45, 7) is 5.66. The number of aryl methyl sites for hydroxylation is 1. The Hall–Kier alpha value is -2.61. The molecule has 2 aromatic rings. The van der Waals surface area contributed by atoms with Crippen LogP contribution in [-0.4, -0.2) is 38.6 Å². The minimum atomic E-state index is -3.79. The fourth-order valence-electron chi connectivity index (χ4n) is 3.69. The van der Waals surface area contributed by atoms with Crippen LogP contribution in [0.25, 0.3) is 0 Å². The Morgan fingerprint density at radius 2 is 1.55 bits per heavy atom. The van der Waals surface area contributed by atoms with Crippen LogP contribution >= 0.6 is 0 Å². The number of aromatic nitrogens is 1. The third-order valence-corrected chi connectivity index (χ3v) is 6.96. The lowest BCUT2D eigenvalue weighted by Crippen LogP contribution is -2.38. The summed E-state index contributed by atoms with van der Waals surface area (Å²) in [6, 6.07) is 6.59. The number of sulfone groups is 1. The van der Waals surface area contributed by atoms with E-state index in [1.165, 1.54) is 0 Å². The Morgan fingerprint density at radius 1 is 1.00 bits per heavy atom. The topological polar surface area (TPSA) is 103 Å². The fourth-order valence-corrected chi connectivity index (χ4v) is 5.17. The molecule has 0 radical (unpaired) electrons. The molecule has 8 heteroatoms. The summed E-state index contributed by atoms with van der Waals surface area (Å²) < 4.78 is 36.6. The molecule has 0 unspecified atom stereocenters. The van der Waals surface area contributed by atoms with Crippen molar-refractivity contribution >= 4 is 21.8 Å². The first-order valence-electron chi connectivity index (χ1n) is 9.63. The van der Waals surface area contributed by atoms with Gasteiger partial charge in [-0.25, -0.2) is 8.42 Å². The molecule has 1 aliphatic carbocycles. The minimum Gasteiger partial charge on any atom is -0.466 e. The minimum absolute atomic E-state index is 0.0629. The largest absolute Gasteiger partial charge is 0.466 e. The van der Waals surface area contributed by atoms with Crippen LogP contribution in [0.3, 0.4) is 0 Å². The summed E-state index contributed by atoms with van der Waals surface area (Å²) in [5, 5.41) is 0.0629. The van der Waals surface area contributed by atoms with E-state index in [1.54, 1.807) is 44.3 Å². The third-order valence-electron chi connectivity index (χ3n) is 5.17. The van der Waals surface area contributed by atoms with Gasteiger partial charge in [-0.2, -0.15) is 0 Å². The van der Waals surface area contributed by atoms with E-state index in [0.29, 0.717) is 11.1 Å². The Labute approximate surface area is 170 Å². The zero-order chi connectivity index (χ0) is 21.2. The van der Waals surface area contributed by atoms with Crippen LogP contribution in [-0.2, 0) is 41.7 Å². The van der Waals surface area contributed by atoms with Crippen molar-refractivity contribution in [3.63, 3.8) is 0 Å². The SMILES string of the molecule is CCOC(=O)[C@H]1Cc2c[nH]c(S(=O)(=O)c3ccc(C)cc3)c2C[C@@H]1C(=O)OCC. The average Bonchev–Trinajstić information content (AvgIpc) is 3.11. The summed E-state index contributed by atoms with van der Waals surface area (Å²) in [5.41, 5.74) is 2.19. The number of hydrogen-bond acceptors (Lipinski definition) is 6. The highest BCUT2D eigenvalue weighted by Crippen LogP contribution is 2.37. The smallest absolute Gasteiger partial charge is 0.310 e. The van der Waals surface area contributed by atoms with Crippen LogP contribution in [0.1, 0.15) is 30.5 Å². The number of carbonyl (C=O) groups excluding carboxylic acids is 2. The fraction of sp³-hybridized carbons (Fsp3) is 0.429. The highest BCUT2D eigenvalue weighted by molar-refractivity contribution is 7.91. The van der Waals surface area contributed by atoms with Crippen LogP contribution in [0.5, 0.6) is 0 Å². The van der Waals surface area contributed by atoms with E-state index in [2.05, 4.69) is 4.98 Å². The maximum absolute atomic E-state index is 13.2. The molecule has 0 bridgehead atoms. The molecule has 1 heterocycles. The monoisotopic (exact) mass is 419 g/mol. The summed E-state index contributed by atoms with van der Waals surface area (Å²) in [5.74, 6) is -2.48. The molecule has 7 nitrogen and oxygen atoms in total. The number of benzene rings is 1. The van der Waals surface area contributed by atoms with Crippen LogP contribution < -0.4 is 0 Å². The van der Waals surface area contributed by atoms with E-state index in [0.717, 1.165) is 5.56 Å². The third kappa shape index (κ3) is 4.07. The van der Waals surface area contributed by atoms with Crippen molar-refractivity contribution in [2.75, 3.05) is 13.2 Å². The quantitative estimate of drug-likeness (QED) is 0.722. The molecule has 29 heavy (non-hydrogen) atoms. The van der Waals surface area contributed by atoms with Crippen LogP contribution in [0.2, 0.25) is 0 Å². The van der Waals surface area contributed by atoms with E-state index in [1.807, 2.05) is 6.92 Å². The molecule has 0 saturated carbocycles. The lowest BCUT2D eigenvalue weighted by Gasteiger charge is -2.28. The molecule has 2 atom stereocenters. The maximum Gasteiger partial charge on any atom is 0.310 e. The van der Waals surface area contributed by atoms with Gasteiger partial charge in [-0.1, -0.05) is 17.7 Å². The molecule has 0 saturated heterocycles. The first-order valence-corrected chi connectivity index (χ1v) is 11.1. The predicted molar refractivity (Wildman–Crippen MR) is 105 cm³/mol. The Balaban J connectivity index is 2.01. The van der Waals surface area contributed by atoms with Gasteiger partial charge in [0.15, 0.2) is 0 Å². The molecule has 1 aromatic heterocycles. The van der Waals surface area contributed by atoms with E-state index >= 15 is 0 Å². The number of ether oxygens (including phenoxy) is 2. The van der Waals surface area contributed by atoms with Gasteiger partial charge in [0, 0.05) is 6.20 Å². The first kappa shape index (κ1) is 21.1. The van der Waals surface area contributed by atoms with Gasteiger partial charge in [0.05, 0.1) is 29.9 Å². The molecule has 0 fully saturated rings. The van der Waals surface area contributed by atoms with Crippen molar-refractivity contribution in [1.82, 2.24) is 4.98 Å². The van der Waals surface area contributed by atoms with E-state index in [9.17, 15) is 18.0 Å². The number of hydrogen-bond donors (Lipinski definition) is 1. The predicted octanol–water partition coefficient (Wildman–Crippen LogP) is 2.61. The number of aromatic amines is 1. The highest BCUT2D eigenvalue weighted by atomic mass is 32.2. The lowest BCUT2D eigenvalue weighted by molar-refractivity contribution is -0.160. The molecule has 0 spiro atoms. The van der Waals surface area contributed by atoms with Crippen molar-refractivity contribution < 1.29 is 27.5 Å². The average molecular weight is 419 g/mol. The van der Waals surface area contributed by atoms with E-state index in [4.69, 9.17) is 9.47 Å². The maximum atomic E-state index is 13.2. The molecule has 3 rings (SSSR count). The second-order valence-corrected chi connectivity index (χ2v) is 8.95. The normalized spacial score (nSPS) is 18.7. The van der Waals surface area contributed by atoms with Gasteiger partial charge in [0.25, 0.3) is 0 Å². The number of H-pyrrole nitrogens is 1. The second-order valence-electron chi connectivity index (χ2n) is 7.06. The number of esters is 2. The van der Waals surface area contributed by atoms with Gasteiger partial charge in [-0.05, 0) is 56.9 Å². The van der Waals surface area contributed by atoms with Gasteiger partial charge in [0.2, 0.25) is 9.84 Å². The summed E-state index contributed by atoms with van der Waals surface area (Å²) in [4.78, 5) is 28.0. The van der Waals surface area contributed by atoms with Crippen molar-refractivity contribution in [2.45, 2.75) is 43.5 Å². The van der Waals surface area contributed by atoms with Crippen molar-refractivity contribution in [2.24, 2.45) is 11.8 Å². The first-order chi connectivity index (χ1) is 13.8. The summed E-state index contributed by atoms with van der Waals surface area (Å²) >= 11 is 0. The molecule has 1 aromatic carbocycles. The van der Waals surface area contributed by atoms with Crippen molar-refractivity contribution in [3.05, 3.63) is 47.2 Å². The zero-order valence-electron chi connectivity index (χ0n) is 16.7. The molecular formula is C21H25NO6S. The van der Waals surface area contributed by atoms with Gasteiger partial charge < -0.3 is 14.5 Å². The summed E-state index contributed by atoms with van der Waals surface area (Å²) in [6.07, 6.45) is 1.92. The van der Waals surface area contributed by atoms with Gasteiger partial charge in [-0.15, -0.1) is 0 Å². The molecule has 0 aliphatic heterocycles. The van der Waals surface area contributed by atoms with Gasteiger partial charge in [0.1, 0.15) is 5.03 Å². The number of rotatable bonds is 6. The number of nitrogens with one attached hydrogen (secondary N) is 1. The number of fused-ring (bicyclic) bond motifs is 1. The lowest BCUT2D eigenvalue weighted by atomic mass is 9.77. The Bertz CT molecular complexity index is 1010. The van der Waals surface area contributed by atoms with Crippen molar-refractivity contribution in [1.29, 1.82) is 0 Å². The summed E-state index contributed by atoms with van der Waals surface area (Å²) in [7, 11) is -3.79. The van der Waals surface area contributed by atoms with Crippen LogP contribution in [0, 0.1) is 18.8 Å². The zero-order valence-corrected chi connectivity index (χ0v) is 17.5. The Kier molecular flexibility index (Phi) is 6.12. The van der Waals surface area contributed by atoms with Crippen LogP contribution in [0.4, 0.5) is 0 Å². The van der Waals surface area contributed by atoms with Gasteiger partial charge >= 0.3 is 11.9 Å². The molecular weight excluding hydrogens is 394 g/mol. The second kappa shape index (κ2) is 8.41. The molecule has 1 N–H and O–H groups in total. The molecule has 1 aliphatic rings. The van der Waals surface area contributed by atoms with Crippen molar-refractivity contribution in [3.8, 4) is 0 Å². The Morgan fingerprint density at radius 3 is 2.10 bits per heavy atom.